The molecule has 12 unspecified atom stereocenters. The molecule has 9 N–H and O–H groups in total. The van der Waals surface area contributed by atoms with Crippen molar-refractivity contribution in [2.75, 3.05) is 19.8 Å². The van der Waals surface area contributed by atoms with Crippen molar-refractivity contribution in [3.05, 3.63) is 0 Å². The third kappa shape index (κ3) is 44.7. The van der Waals surface area contributed by atoms with Gasteiger partial charge in [0.25, 0.3) is 0 Å². The zero-order valence-electron chi connectivity index (χ0n) is 58.7. The van der Waals surface area contributed by atoms with E-state index in [0.29, 0.717) is 12.8 Å². The van der Waals surface area contributed by atoms with Crippen LogP contribution in [0.3, 0.4) is 0 Å². The molecule has 2 aliphatic rings. The maximum absolute atomic E-state index is 13.4. The summed E-state index contributed by atoms with van der Waals surface area (Å²) < 4.78 is 23.0. The molecule has 536 valence electrons. The molecular weight excluding hydrogens is 1130 g/mol. The number of aliphatic hydroxyl groups excluding tert-OH is 8. The number of ether oxygens (including phenoxy) is 4. The first-order valence-corrected chi connectivity index (χ1v) is 39.3. The molecule has 0 radical (unpaired) electrons. The van der Waals surface area contributed by atoms with Crippen molar-refractivity contribution in [2.45, 2.75) is 460 Å². The number of aliphatic hydroxyl groups is 8. The summed E-state index contributed by atoms with van der Waals surface area (Å²) in [4.78, 5) is 13.4. The van der Waals surface area contributed by atoms with Crippen molar-refractivity contribution in [1.82, 2.24) is 5.32 Å². The van der Waals surface area contributed by atoms with Crippen LogP contribution >= 0.6 is 0 Å². The van der Waals surface area contributed by atoms with Crippen molar-refractivity contribution >= 4 is 5.91 Å². The Bertz CT molecular complexity index is 1510. The first kappa shape index (κ1) is 85.1. The highest BCUT2D eigenvalue weighted by Gasteiger charge is 2.51. The molecule has 14 nitrogen and oxygen atoms in total. The van der Waals surface area contributed by atoms with Gasteiger partial charge in [0.1, 0.15) is 48.8 Å². The predicted octanol–water partition coefficient (Wildman–Crippen LogP) is 17.1. The Morgan fingerprint density at radius 1 is 0.356 bits per heavy atom. The molecule has 14 heteroatoms. The average molecular weight is 1290 g/mol. The number of carbonyl (C=O) groups excluding carboxylic acids is 1. The third-order valence-corrected chi connectivity index (χ3v) is 19.8. The molecule has 0 saturated carbocycles. The molecular formula is C76H149NO13. The van der Waals surface area contributed by atoms with Crippen LogP contribution in [0.4, 0.5) is 0 Å². The smallest absolute Gasteiger partial charge is 0.220 e. The van der Waals surface area contributed by atoms with Crippen LogP contribution in [0.25, 0.3) is 0 Å². The summed E-state index contributed by atoms with van der Waals surface area (Å²) >= 11 is 0. The van der Waals surface area contributed by atoms with Crippen LogP contribution in [-0.2, 0) is 23.7 Å². The molecule has 2 fully saturated rings. The van der Waals surface area contributed by atoms with Crippen molar-refractivity contribution < 1.29 is 64.6 Å². The van der Waals surface area contributed by atoms with Gasteiger partial charge in [0.2, 0.25) is 5.91 Å². The van der Waals surface area contributed by atoms with E-state index in [1.165, 1.54) is 308 Å². The molecule has 12 atom stereocenters. The second-order valence-corrected chi connectivity index (χ2v) is 28.2. The van der Waals surface area contributed by atoms with Gasteiger partial charge in [-0.05, 0) is 12.8 Å². The number of hydrogen-bond donors (Lipinski definition) is 9. The monoisotopic (exact) mass is 1280 g/mol. The Hall–Kier alpha value is -1.01. The second kappa shape index (κ2) is 61.6. The Morgan fingerprint density at radius 3 is 0.944 bits per heavy atom. The van der Waals surface area contributed by atoms with Crippen LogP contribution in [-0.4, -0.2) is 140 Å². The Morgan fingerprint density at radius 2 is 0.633 bits per heavy atom. The fourth-order valence-electron chi connectivity index (χ4n) is 13.6. The highest BCUT2D eigenvalue weighted by Crippen LogP contribution is 2.30. The van der Waals surface area contributed by atoms with Gasteiger partial charge in [-0.2, -0.15) is 0 Å². The summed E-state index contributed by atoms with van der Waals surface area (Å²) in [5, 5.41) is 87.8. The van der Waals surface area contributed by atoms with E-state index in [2.05, 4.69) is 19.2 Å². The van der Waals surface area contributed by atoms with Crippen molar-refractivity contribution in [3.63, 3.8) is 0 Å². The van der Waals surface area contributed by atoms with Gasteiger partial charge < -0.3 is 65.1 Å². The maximum Gasteiger partial charge on any atom is 0.220 e. The normalized spacial score (nSPS) is 22.8. The summed E-state index contributed by atoms with van der Waals surface area (Å²) in [6, 6.07) is -0.825. The minimum atomic E-state index is -1.78. The van der Waals surface area contributed by atoms with Gasteiger partial charge in [-0.1, -0.05) is 367 Å². The maximum atomic E-state index is 13.4. The summed E-state index contributed by atoms with van der Waals surface area (Å²) in [5.41, 5.74) is 0. The Labute approximate surface area is 553 Å². The van der Waals surface area contributed by atoms with Crippen molar-refractivity contribution in [2.24, 2.45) is 0 Å². The largest absolute Gasteiger partial charge is 0.394 e. The molecule has 2 rings (SSSR count). The lowest BCUT2D eigenvalue weighted by Crippen LogP contribution is -2.65. The summed E-state index contributed by atoms with van der Waals surface area (Å²) in [7, 11) is 0. The van der Waals surface area contributed by atoms with Crippen LogP contribution < -0.4 is 5.32 Å². The highest BCUT2D eigenvalue weighted by atomic mass is 16.7. The average Bonchev–Trinajstić information content (AvgIpc) is 1.29. The fraction of sp³-hybridized carbons (Fsp3) is 0.987. The zero-order valence-corrected chi connectivity index (χ0v) is 58.7. The van der Waals surface area contributed by atoms with Gasteiger partial charge in [-0.15, -0.1) is 0 Å². The van der Waals surface area contributed by atoms with Gasteiger partial charge in [-0.3, -0.25) is 4.79 Å². The second-order valence-electron chi connectivity index (χ2n) is 28.2. The van der Waals surface area contributed by atoms with Gasteiger partial charge in [-0.25, -0.2) is 0 Å². The molecule has 0 aromatic carbocycles. The van der Waals surface area contributed by atoms with Crippen LogP contribution in [0.1, 0.15) is 386 Å². The summed E-state index contributed by atoms with van der Waals surface area (Å²) in [6.07, 6.45) is 58.6. The molecule has 2 aliphatic heterocycles. The number of rotatable bonds is 67. The van der Waals surface area contributed by atoms with E-state index in [0.717, 1.165) is 51.4 Å². The standard InChI is InChI=1S/C76H149NO13/c1-3-5-7-9-11-13-15-17-19-21-23-25-27-28-29-30-31-32-33-34-35-36-38-39-41-43-45-47-49-51-53-55-57-59-65(80)64(63-87-75-73(86)71(84)74(67(62-79)89-75)90-76-72(85)70(83)69(82)66(61-78)88-76)77-68(81)60-58-56-54-52-50-48-46-44-42-40-37-26-24-22-20-18-16-14-12-10-8-6-4-2/h64-67,69-76,78-80,82-86H,3-63H2,1-2H3,(H,77,81). The molecule has 2 heterocycles. The molecule has 0 spiro atoms. The van der Waals surface area contributed by atoms with Gasteiger partial charge in [0.05, 0.1) is 32.0 Å². The van der Waals surface area contributed by atoms with Gasteiger partial charge in [0, 0.05) is 6.42 Å². The Kier molecular flexibility index (Phi) is 58.2. The predicted molar refractivity (Wildman–Crippen MR) is 369 cm³/mol. The quantitative estimate of drug-likeness (QED) is 0.0259. The lowest BCUT2D eigenvalue weighted by molar-refractivity contribution is -0.359. The van der Waals surface area contributed by atoms with E-state index >= 15 is 0 Å². The molecule has 2 saturated heterocycles. The summed E-state index contributed by atoms with van der Waals surface area (Å²) in [6.45, 7) is 2.94. The Balaban J connectivity index is 1.60. The molecule has 0 bridgehead atoms. The summed E-state index contributed by atoms with van der Waals surface area (Å²) in [5.74, 6) is -0.196. The van der Waals surface area contributed by atoms with E-state index in [-0.39, 0.29) is 12.5 Å². The zero-order chi connectivity index (χ0) is 65.2. The van der Waals surface area contributed by atoms with Gasteiger partial charge >= 0.3 is 0 Å². The van der Waals surface area contributed by atoms with Crippen LogP contribution in [0, 0.1) is 0 Å². The first-order valence-electron chi connectivity index (χ1n) is 39.3. The lowest BCUT2D eigenvalue weighted by Gasteiger charge is -2.46. The van der Waals surface area contributed by atoms with Gasteiger partial charge in [0.15, 0.2) is 12.6 Å². The fourth-order valence-corrected chi connectivity index (χ4v) is 13.6. The number of hydrogen-bond acceptors (Lipinski definition) is 13. The minimum Gasteiger partial charge on any atom is -0.394 e. The van der Waals surface area contributed by atoms with Crippen molar-refractivity contribution in [3.8, 4) is 0 Å². The topological polar surface area (TPSA) is 228 Å². The van der Waals surface area contributed by atoms with E-state index in [1.807, 2.05) is 0 Å². The van der Waals surface area contributed by atoms with Crippen LogP contribution in [0.5, 0.6) is 0 Å². The number of nitrogens with one attached hydrogen (secondary N) is 1. The lowest BCUT2D eigenvalue weighted by atomic mass is 9.97. The molecule has 90 heavy (non-hydrogen) atoms. The minimum absolute atomic E-state index is 0.196. The number of carbonyl (C=O) groups is 1. The van der Waals surface area contributed by atoms with E-state index < -0.39 is 86.8 Å². The SMILES string of the molecule is CCCCCCCCCCCCCCCCCCCCCCCCCCCCCCCCCCCC(O)C(COC1OC(CO)C(OC2OC(CO)C(O)C(O)C2O)C(O)C1O)NC(=O)CCCCCCCCCCCCCCCCCCCCCCCCC. The highest BCUT2D eigenvalue weighted by molar-refractivity contribution is 5.76. The van der Waals surface area contributed by atoms with E-state index in [4.69, 9.17) is 18.9 Å². The molecule has 1 amide bonds. The van der Waals surface area contributed by atoms with E-state index in [9.17, 15) is 45.6 Å². The first-order chi connectivity index (χ1) is 44.1. The molecule has 0 aromatic heterocycles. The molecule has 0 aliphatic carbocycles. The third-order valence-electron chi connectivity index (χ3n) is 19.8. The number of amides is 1. The number of unbranched alkanes of at least 4 members (excludes halogenated alkanes) is 54. The van der Waals surface area contributed by atoms with Crippen LogP contribution in [0.2, 0.25) is 0 Å². The van der Waals surface area contributed by atoms with E-state index in [1.54, 1.807) is 0 Å². The van der Waals surface area contributed by atoms with Crippen LogP contribution in [0.15, 0.2) is 0 Å². The van der Waals surface area contributed by atoms with Crippen molar-refractivity contribution in [1.29, 1.82) is 0 Å². The molecule has 0 aromatic rings.